The van der Waals surface area contributed by atoms with E-state index in [2.05, 4.69) is 15.1 Å². The summed E-state index contributed by atoms with van der Waals surface area (Å²) in [5.74, 6) is 1.67. The number of pyridine rings is 1. The molecular weight excluding hydrogens is 268 g/mol. The predicted molar refractivity (Wildman–Crippen MR) is 77.7 cm³/mol. The van der Waals surface area contributed by atoms with E-state index in [0.29, 0.717) is 35.1 Å². The van der Waals surface area contributed by atoms with Gasteiger partial charge >= 0.3 is 0 Å². The van der Waals surface area contributed by atoms with Gasteiger partial charge in [-0.2, -0.15) is 4.98 Å². The number of aromatic nitrogens is 3. The molecule has 0 saturated heterocycles. The Balaban J connectivity index is 1.88. The number of benzene rings is 1. The number of hydrogen-bond donors (Lipinski definition) is 1. The largest absolute Gasteiger partial charge is 0.497 e. The van der Waals surface area contributed by atoms with E-state index in [4.69, 9.17) is 15.0 Å². The van der Waals surface area contributed by atoms with Crippen molar-refractivity contribution in [3.63, 3.8) is 0 Å². The average molecular weight is 282 g/mol. The van der Waals surface area contributed by atoms with E-state index in [0.717, 1.165) is 5.56 Å². The highest BCUT2D eigenvalue weighted by atomic mass is 16.5. The minimum absolute atomic E-state index is 0.385. The molecule has 0 atom stereocenters. The molecular formula is C15H14N4O2. The van der Waals surface area contributed by atoms with Crippen LogP contribution in [0.3, 0.4) is 0 Å². The third-order valence-electron chi connectivity index (χ3n) is 3.07. The third kappa shape index (κ3) is 2.84. The Bertz CT molecular complexity index is 740. The normalized spacial score (nSPS) is 10.5. The second kappa shape index (κ2) is 5.62. The van der Waals surface area contributed by atoms with Crippen molar-refractivity contribution in [2.24, 2.45) is 0 Å². The lowest BCUT2D eigenvalue weighted by atomic mass is 10.1. The zero-order chi connectivity index (χ0) is 14.7. The Morgan fingerprint density at radius 1 is 1.19 bits per heavy atom. The molecule has 3 aromatic rings. The summed E-state index contributed by atoms with van der Waals surface area (Å²) in [6.07, 6.45) is 4.04. The molecule has 0 bridgehead atoms. The van der Waals surface area contributed by atoms with Crippen LogP contribution < -0.4 is 10.5 Å². The van der Waals surface area contributed by atoms with Gasteiger partial charge < -0.3 is 15.0 Å². The van der Waals surface area contributed by atoms with E-state index in [1.54, 1.807) is 37.7 Å². The van der Waals surface area contributed by atoms with E-state index < -0.39 is 0 Å². The molecule has 0 saturated carbocycles. The Morgan fingerprint density at radius 2 is 2.00 bits per heavy atom. The number of anilines is 1. The topological polar surface area (TPSA) is 87.1 Å². The van der Waals surface area contributed by atoms with Crippen LogP contribution >= 0.6 is 0 Å². The van der Waals surface area contributed by atoms with Gasteiger partial charge in [-0.25, -0.2) is 0 Å². The van der Waals surface area contributed by atoms with Gasteiger partial charge in [0.25, 0.3) is 5.89 Å². The highest BCUT2D eigenvalue weighted by Gasteiger charge is 2.13. The number of hydrogen-bond acceptors (Lipinski definition) is 6. The molecule has 2 heterocycles. The van der Waals surface area contributed by atoms with Gasteiger partial charge in [0.15, 0.2) is 5.82 Å². The summed E-state index contributed by atoms with van der Waals surface area (Å²) in [5, 5.41) is 3.98. The highest BCUT2D eigenvalue weighted by Crippen LogP contribution is 2.28. The van der Waals surface area contributed by atoms with E-state index in [-0.39, 0.29) is 0 Å². The van der Waals surface area contributed by atoms with E-state index in [1.165, 1.54) is 0 Å². The monoisotopic (exact) mass is 282 g/mol. The second-order valence-electron chi connectivity index (χ2n) is 4.50. The molecule has 21 heavy (non-hydrogen) atoms. The van der Waals surface area contributed by atoms with Crippen LogP contribution in [-0.4, -0.2) is 22.2 Å². The van der Waals surface area contributed by atoms with Gasteiger partial charge in [-0.3, -0.25) is 4.98 Å². The number of methoxy groups -OCH3 is 1. The minimum atomic E-state index is 0.385. The van der Waals surface area contributed by atoms with Gasteiger partial charge in [0.2, 0.25) is 0 Å². The Hall–Kier alpha value is -2.89. The molecule has 2 aromatic heterocycles. The summed E-state index contributed by atoms with van der Waals surface area (Å²) in [7, 11) is 1.60. The number of nitrogen functional groups attached to an aromatic ring is 1. The van der Waals surface area contributed by atoms with Gasteiger partial charge in [0.05, 0.1) is 12.7 Å². The van der Waals surface area contributed by atoms with Crippen molar-refractivity contribution in [3.05, 3.63) is 54.1 Å². The maximum Gasteiger partial charge on any atom is 0.260 e. The molecule has 0 aliphatic rings. The van der Waals surface area contributed by atoms with E-state index in [1.807, 2.05) is 12.1 Å². The predicted octanol–water partition coefficient (Wildman–Crippen LogP) is 2.31. The maximum absolute atomic E-state index is 5.95. The summed E-state index contributed by atoms with van der Waals surface area (Å²) in [6.45, 7) is 0. The molecule has 6 nitrogen and oxygen atoms in total. The fourth-order valence-corrected chi connectivity index (χ4v) is 1.97. The first-order valence-corrected chi connectivity index (χ1v) is 6.41. The van der Waals surface area contributed by atoms with Gasteiger partial charge in [0, 0.05) is 24.5 Å². The number of nitrogens with two attached hydrogens (primary N) is 1. The SMILES string of the molecule is COc1ccc(N)c(-c2nc(Cc3ccncc3)no2)c1. The van der Waals surface area contributed by atoms with Crippen molar-refractivity contribution >= 4 is 5.69 Å². The maximum atomic E-state index is 5.95. The first-order valence-electron chi connectivity index (χ1n) is 6.41. The lowest BCUT2D eigenvalue weighted by Crippen LogP contribution is -1.93. The molecule has 0 aliphatic carbocycles. The van der Waals surface area contributed by atoms with Gasteiger partial charge in [-0.1, -0.05) is 5.16 Å². The van der Waals surface area contributed by atoms with Crippen LogP contribution in [0.25, 0.3) is 11.5 Å². The molecule has 0 aliphatic heterocycles. The van der Waals surface area contributed by atoms with Gasteiger partial charge in [0.1, 0.15) is 5.75 Å². The summed E-state index contributed by atoms with van der Waals surface area (Å²) in [6, 6.07) is 9.14. The van der Waals surface area contributed by atoms with Crippen molar-refractivity contribution in [2.75, 3.05) is 12.8 Å². The third-order valence-corrected chi connectivity index (χ3v) is 3.07. The molecule has 6 heteroatoms. The van der Waals surface area contributed by atoms with Crippen LogP contribution in [0.4, 0.5) is 5.69 Å². The number of ether oxygens (including phenoxy) is 1. The van der Waals surface area contributed by atoms with Crippen LogP contribution in [-0.2, 0) is 6.42 Å². The van der Waals surface area contributed by atoms with Crippen LogP contribution in [0.15, 0.2) is 47.2 Å². The summed E-state index contributed by atoms with van der Waals surface area (Å²) in [5.41, 5.74) is 8.25. The van der Waals surface area contributed by atoms with Crippen LogP contribution in [0, 0.1) is 0 Å². The first-order chi connectivity index (χ1) is 10.3. The van der Waals surface area contributed by atoms with Crippen LogP contribution in [0.1, 0.15) is 11.4 Å². The smallest absolute Gasteiger partial charge is 0.260 e. The van der Waals surface area contributed by atoms with Crippen molar-refractivity contribution < 1.29 is 9.26 Å². The Kier molecular flexibility index (Phi) is 3.51. The molecule has 2 N–H and O–H groups in total. The molecule has 0 unspecified atom stereocenters. The first kappa shape index (κ1) is 13.1. The van der Waals surface area contributed by atoms with Crippen LogP contribution in [0.5, 0.6) is 5.75 Å². The number of rotatable bonds is 4. The highest BCUT2D eigenvalue weighted by molar-refractivity contribution is 5.72. The summed E-state index contributed by atoms with van der Waals surface area (Å²) in [4.78, 5) is 8.35. The van der Waals surface area contributed by atoms with Crippen LogP contribution in [0.2, 0.25) is 0 Å². The fraction of sp³-hybridized carbons (Fsp3) is 0.133. The van der Waals surface area contributed by atoms with Crippen molar-refractivity contribution in [2.45, 2.75) is 6.42 Å². The Morgan fingerprint density at radius 3 is 2.76 bits per heavy atom. The zero-order valence-corrected chi connectivity index (χ0v) is 11.5. The second-order valence-corrected chi connectivity index (χ2v) is 4.50. The lowest BCUT2D eigenvalue weighted by Gasteiger charge is -2.03. The van der Waals surface area contributed by atoms with Gasteiger partial charge in [-0.15, -0.1) is 0 Å². The molecule has 0 spiro atoms. The molecule has 0 amide bonds. The van der Waals surface area contributed by atoms with E-state index in [9.17, 15) is 0 Å². The summed E-state index contributed by atoms with van der Waals surface area (Å²) >= 11 is 0. The zero-order valence-electron chi connectivity index (χ0n) is 11.5. The molecule has 0 fully saturated rings. The molecule has 0 radical (unpaired) electrons. The molecule has 106 valence electrons. The molecule has 1 aromatic carbocycles. The Labute approximate surface area is 121 Å². The number of nitrogens with zero attached hydrogens (tertiary/aromatic N) is 3. The standard InChI is InChI=1S/C15H14N4O2/c1-20-11-2-3-13(16)12(9-11)15-18-14(19-21-15)8-10-4-6-17-7-5-10/h2-7,9H,8,16H2,1H3. The van der Waals surface area contributed by atoms with Crippen molar-refractivity contribution in [3.8, 4) is 17.2 Å². The average Bonchev–Trinajstić information content (AvgIpc) is 2.97. The lowest BCUT2D eigenvalue weighted by molar-refractivity contribution is 0.412. The summed E-state index contributed by atoms with van der Waals surface area (Å²) < 4.78 is 10.5. The minimum Gasteiger partial charge on any atom is -0.497 e. The van der Waals surface area contributed by atoms with Crippen molar-refractivity contribution in [1.82, 2.24) is 15.1 Å². The van der Waals surface area contributed by atoms with E-state index >= 15 is 0 Å². The quantitative estimate of drug-likeness (QED) is 0.739. The van der Waals surface area contributed by atoms with Crippen molar-refractivity contribution in [1.29, 1.82) is 0 Å². The fourth-order valence-electron chi connectivity index (χ4n) is 1.97. The molecule has 3 rings (SSSR count). The van der Waals surface area contributed by atoms with Gasteiger partial charge in [-0.05, 0) is 35.9 Å².